The van der Waals surface area contributed by atoms with Crippen LogP contribution in [0.2, 0.25) is 0 Å². The van der Waals surface area contributed by atoms with Gasteiger partial charge in [-0.1, -0.05) is 67.4 Å². The molecule has 2 atom stereocenters. The zero-order chi connectivity index (χ0) is 12.9. The van der Waals surface area contributed by atoms with Gasteiger partial charge in [-0.05, 0) is 38.0 Å². The molecule has 16 heavy (non-hydrogen) atoms. The second-order valence-corrected chi connectivity index (χ2v) is 7.33. The lowest BCUT2D eigenvalue weighted by molar-refractivity contribution is 0.378. The highest BCUT2D eigenvalue weighted by Gasteiger charge is 2.21. The summed E-state index contributed by atoms with van der Waals surface area (Å²) in [6.45, 7) is 17.6. The van der Waals surface area contributed by atoms with Crippen LogP contribution in [0.4, 0.5) is 0 Å². The van der Waals surface area contributed by atoms with Crippen molar-refractivity contribution in [3.63, 3.8) is 0 Å². The first-order valence-corrected chi connectivity index (χ1v) is 7.01. The van der Waals surface area contributed by atoms with Crippen molar-refractivity contribution in [1.82, 2.24) is 0 Å². The highest BCUT2D eigenvalue weighted by atomic mass is 79.9. The van der Waals surface area contributed by atoms with Crippen LogP contribution in [0.3, 0.4) is 0 Å². The second kappa shape index (κ2) is 6.64. The van der Waals surface area contributed by atoms with E-state index >= 15 is 0 Å². The van der Waals surface area contributed by atoms with Gasteiger partial charge in [0.05, 0.1) is 0 Å². The molecule has 0 nitrogen and oxygen atoms in total. The standard InChI is InChI=1S/C15H27Br/c1-11(2)8-9-12(3)13(4)14(16)10-15(5,6)7/h8,12,14H,4,9-10H2,1-3,5-7H3. The summed E-state index contributed by atoms with van der Waals surface area (Å²) in [4.78, 5) is 0.438. The Morgan fingerprint density at radius 3 is 2.19 bits per heavy atom. The predicted octanol–water partition coefficient (Wildman–Crippen LogP) is 5.73. The van der Waals surface area contributed by atoms with E-state index in [0.29, 0.717) is 16.2 Å². The molecule has 0 amide bonds. The van der Waals surface area contributed by atoms with E-state index in [0.717, 1.165) is 12.8 Å². The van der Waals surface area contributed by atoms with Crippen LogP contribution in [0.5, 0.6) is 0 Å². The summed E-state index contributed by atoms with van der Waals surface area (Å²) in [6.07, 6.45) is 4.55. The maximum absolute atomic E-state index is 4.24. The third kappa shape index (κ3) is 7.27. The van der Waals surface area contributed by atoms with Crippen LogP contribution in [-0.2, 0) is 0 Å². The number of allylic oxidation sites excluding steroid dienone is 3. The van der Waals surface area contributed by atoms with Gasteiger partial charge in [0.1, 0.15) is 0 Å². The molecule has 0 saturated heterocycles. The Kier molecular flexibility index (Phi) is 6.62. The van der Waals surface area contributed by atoms with Crippen LogP contribution in [-0.4, -0.2) is 4.83 Å². The average Bonchev–Trinajstić information content (AvgIpc) is 2.10. The Labute approximate surface area is 110 Å². The van der Waals surface area contributed by atoms with E-state index in [1.54, 1.807) is 0 Å². The van der Waals surface area contributed by atoms with Crippen molar-refractivity contribution in [1.29, 1.82) is 0 Å². The number of rotatable bonds is 5. The Hall–Kier alpha value is -0.0400. The van der Waals surface area contributed by atoms with E-state index in [4.69, 9.17) is 0 Å². The monoisotopic (exact) mass is 286 g/mol. The number of halogens is 1. The van der Waals surface area contributed by atoms with E-state index in [9.17, 15) is 0 Å². The Balaban J connectivity index is 4.28. The molecule has 2 unspecified atom stereocenters. The third-order valence-corrected chi connectivity index (χ3v) is 3.62. The summed E-state index contributed by atoms with van der Waals surface area (Å²) in [7, 11) is 0. The molecular formula is C15H27Br. The van der Waals surface area contributed by atoms with Gasteiger partial charge < -0.3 is 0 Å². The molecule has 0 aromatic heterocycles. The molecule has 0 radical (unpaired) electrons. The SMILES string of the molecule is C=C(C(C)CC=C(C)C)C(Br)CC(C)(C)C. The molecule has 0 aliphatic carbocycles. The summed E-state index contributed by atoms with van der Waals surface area (Å²) < 4.78 is 0. The van der Waals surface area contributed by atoms with Crippen molar-refractivity contribution >= 4 is 15.9 Å². The first-order valence-electron chi connectivity index (χ1n) is 6.09. The van der Waals surface area contributed by atoms with Gasteiger partial charge in [-0.15, -0.1) is 0 Å². The fraction of sp³-hybridized carbons (Fsp3) is 0.733. The first kappa shape index (κ1) is 16.0. The lowest BCUT2D eigenvalue weighted by Crippen LogP contribution is -2.17. The van der Waals surface area contributed by atoms with Crippen molar-refractivity contribution in [2.75, 3.05) is 0 Å². The minimum Gasteiger partial charge on any atom is -0.0985 e. The van der Waals surface area contributed by atoms with Gasteiger partial charge in [-0.25, -0.2) is 0 Å². The third-order valence-electron chi connectivity index (χ3n) is 2.71. The van der Waals surface area contributed by atoms with Gasteiger partial charge in [-0.3, -0.25) is 0 Å². The second-order valence-electron chi connectivity index (χ2n) is 6.23. The molecular weight excluding hydrogens is 260 g/mol. The molecule has 0 aliphatic rings. The summed E-state index contributed by atoms with van der Waals surface area (Å²) in [5.41, 5.74) is 3.07. The number of hydrogen-bond donors (Lipinski definition) is 0. The highest BCUT2D eigenvalue weighted by molar-refractivity contribution is 9.09. The molecule has 0 saturated carbocycles. The lowest BCUT2D eigenvalue weighted by Gasteiger charge is -2.26. The largest absolute Gasteiger partial charge is 0.0985 e. The molecule has 0 spiro atoms. The molecule has 0 rings (SSSR count). The normalized spacial score (nSPS) is 15.4. The lowest BCUT2D eigenvalue weighted by atomic mass is 9.85. The van der Waals surface area contributed by atoms with Crippen LogP contribution < -0.4 is 0 Å². The molecule has 1 heteroatoms. The van der Waals surface area contributed by atoms with E-state index in [1.165, 1.54) is 11.1 Å². The van der Waals surface area contributed by atoms with Crippen LogP contribution in [0.1, 0.15) is 54.4 Å². The van der Waals surface area contributed by atoms with Gasteiger partial charge in [0.15, 0.2) is 0 Å². The molecule has 0 bridgehead atoms. The Morgan fingerprint density at radius 1 is 1.31 bits per heavy atom. The highest BCUT2D eigenvalue weighted by Crippen LogP contribution is 2.32. The summed E-state index contributed by atoms with van der Waals surface area (Å²) >= 11 is 3.77. The molecule has 94 valence electrons. The number of hydrogen-bond acceptors (Lipinski definition) is 0. The zero-order valence-electron chi connectivity index (χ0n) is 11.7. The smallest absolute Gasteiger partial charge is 0.0359 e. The fourth-order valence-electron chi connectivity index (χ4n) is 1.54. The van der Waals surface area contributed by atoms with Crippen LogP contribution >= 0.6 is 15.9 Å². The predicted molar refractivity (Wildman–Crippen MR) is 79.1 cm³/mol. The van der Waals surface area contributed by atoms with Crippen LogP contribution in [0.15, 0.2) is 23.8 Å². The average molecular weight is 287 g/mol. The summed E-state index contributed by atoms with van der Waals surface area (Å²) in [5.74, 6) is 0.557. The Morgan fingerprint density at radius 2 is 1.81 bits per heavy atom. The van der Waals surface area contributed by atoms with E-state index < -0.39 is 0 Å². The van der Waals surface area contributed by atoms with Crippen molar-refractivity contribution < 1.29 is 0 Å². The van der Waals surface area contributed by atoms with Crippen molar-refractivity contribution in [3.05, 3.63) is 23.8 Å². The first-order chi connectivity index (χ1) is 7.13. The molecule has 0 aromatic rings. The van der Waals surface area contributed by atoms with Crippen LogP contribution in [0, 0.1) is 11.3 Å². The molecule has 0 heterocycles. The minimum atomic E-state index is 0.355. The fourth-order valence-corrected chi connectivity index (χ4v) is 2.96. The van der Waals surface area contributed by atoms with E-state index in [1.807, 2.05) is 0 Å². The van der Waals surface area contributed by atoms with Crippen LogP contribution in [0.25, 0.3) is 0 Å². The van der Waals surface area contributed by atoms with E-state index in [-0.39, 0.29) is 0 Å². The topological polar surface area (TPSA) is 0 Å². The van der Waals surface area contributed by atoms with Gasteiger partial charge in [0.25, 0.3) is 0 Å². The maximum Gasteiger partial charge on any atom is 0.0359 e. The van der Waals surface area contributed by atoms with Crippen molar-refractivity contribution in [2.24, 2.45) is 11.3 Å². The molecule has 0 fully saturated rings. The van der Waals surface area contributed by atoms with Gasteiger partial charge in [-0.2, -0.15) is 0 Å². The van der Waals surface area contributed by atoms with Crippen molar-refractivity contribution in [2.45, 2.75) is 59.2 Å². The van der Waals surface area contributed by atoms with E-state index in [2.05, 4.69) is 70.1 Å². The van der Waals surface area contributed by atoms with Gasteiger partial charge in [0.2, 0.25) is 0 Å². The summed E-state index contributed by atoms with van der Waals surface area (Å²) in [6, 6.07) is 0. The summed E-state index contributed by atoms with van der Waals surface area (Å²) in [5, 5.41) is 0. The molecule has 0 aliphatic heterocycles. The van der Waals surface area contributed by atoms with Gasteiger partial charge in [0, 0.05) is 4.83 Å². The zero-order valence-corrected chi connectivity index (χ0v) is 13.3. The minimum absolute atomic E-state index is 0.355. The quantitative estimate of drug-likeness (QED) is 0.447. The molecule has 0 aromatic carbocycles. The van der Waals surface area contributed by atoms with Gasteiger partial charge >= 0.3 is 0 Å². The maximum atomic E-state index is 4.24. The van der Waals surface area contributed by atoms with Crippen molar-refractivity contribution in [3.8, 4) is 0 Å². The Bertz CT molecular complexity index is 251. The number of alkyl halides is 1. The molecule has 0 N–H and O–H groups in total.